The molecule has 0 saturated carbocycles. The van der Waals surface area contributed by atoms with Gasteiger partial charge in [-0.3, -0.25) is 14.4 Å². The smallest absolute Gasteiger partial charge is 0.306 e. The first-order valence-electron chi connectivity index (χ1n) is 34.7. The number of unbranched alkanes of at least 4 members (excludes halogenated alkanes) is 52. The lowest BCUT2D eigenvalue weighted by atomic mass is 10.0. The Morgan fingerprint density at radius 1 is 0.250 bits per heavy atom. The van der Waals surface area contributed by atoms with Crippen molar-refractivity contribution in [2.45, 2.75) is 406 Å². The van der Waals surface area contributed by atoms with Crippen molar-refractivity contribution in [1.82, 2.24) is 0 Å². The van der Waals surface area contributed by atoms with Crippen LogP contribution in [0.4, 0.5) is 0 Å². The maximum atomic E-state index is 12.9. The van der Waals surface area contributed by atoms with Crippen LogP contribution in [0.15, 0.2) is 12.2 Å². The molecule has 0 aliphatic heterocycles. The Labute approximate surface area is 475 Å². The highest BCUT2D eigenvalue weighted by Crippen LogP contribution is 2.19. The van der Waals surface area contributed by atoms with E-state index in [1.54, 1.807) is 0 Å². The minimum atomic E-state index is -0.768. The average molecular weight is 1070 g/mol. The second kappa shape index (κ2) is 65.7. The number of hydrogen-bond acceptors (Lipinski definition) is 6. The van der Waals surface area contributed by atoms with E-state index in [4.69, 9.17) is 14.2 Å². The van der Waals surface area contributed by atoms with Crippen molar-refractivity contribution < 1.29 is 28.6 Å². The summed E-state index contributed by atoms with van der Waals surface area (Å²) in [5.41, 5.74) is 0. The average Bonchev–Trinajstić information content (AvgIpc) is 3.42. The molecule has 6 nitrogen and oxygen atoms in total. The van der Waals surface area contributed by atoms with Crippen LogP contribution in [-0.2, 0) is 28.6 Å². The van der Waals surface area contributed by atoms with Crippen LogP contribution in [0.5, 0.6) is 0 Å². The Hall–Kier alpha value is -1.85. The lowest BCUT2D eigenvalue weighted by Gasteiger charge is -2.18. The van der Waals surface area contributed by atoms with E-state index in [1.807, 2.05) is 0 Å². The zero-order chi connectivity index (χ0) is 55.0. The van der Waals surface area contributed by atoms with E-state index in [0.29, 0.717) is 19.3 Å². The van der Waals surface area contributed by atoms with Gasteiger partial charge in [0.2, 0.25) is 0 Å². The fourth-order valence-corrected chi connectivity index (χ4v) is 10.8. The van der Waals surface area contributed by atoms with Crippen molar-refractivity contribution in [2.75, 3.05) is 13.2 Å². The summed E-state index contributed by atoms with van der Waals surface area (Å²) in [5.74, 6) is -0.832. The molecule has 0 heterocycles. The van der Waals surface area contributed by atoms with Crippen molar-refractivity contribution in [2.24, 2.45) is 0 Å². The van der Waals surface area contributed by atoms with Crippen molar-refractivity contribution >= 4 is 17.9 Å². The normalized spacial score (nSPS) is 12.0. The number of allylic oxidation sites excluding steroid dienone is 2. The van der Waals surface area contributed by atoms with Crippen molar-refractivity contribution in [3.63, 3.8) is 0 Å². The third kappa shape index (κ3) is 63.0. The first-order valence-corrected chi connectivity index (χ1v) is 34.7. The molecule has 0 saturated heterocycles. The van der Waals surface area contributed by atoms with E-state index >= 15 is 0 Å². The Bertz CT molecular complexity index is 1180. The summed E-state index contributed by atoms with van der Waals surface area (Å²) in [5, 5.41) is 0. The monoisotopic (exact) mass is 1070 g/mol. The molecule has 0 amide bonds. The SMILES string of the molecule is CCCCCCCCC/C=C\CCCCCCCCCC(=O)OCC(COC(=O)CCCCCCCCCCCCCCCCCCCCCCC)OC(=O)CCCCCCCCCCCCCCCCCCCCC. The molecule has 0 bridgehead atoms. The van der Waals surface area contributed by atoms with E-state index in [0.717, 1.165) is 57.8 Å². The Kier molecular flexibility index (Phi) is 64.1. The molecule has 0 aliphatic carbocycles. The first-order chi connectivity index (χ1) is 37.5. The molecule has 450 valence electrons. The molecule has 0 rings (SSSR count). The van der Waals surface area contributed by atoms with E-state index in [9.17, 15) is 14.4 Å². The topological polar surface area (TPSA) is 78.9 Å². The summed E-state index contributed by atoms with van der Waals surface area (Å²) in [7, 11) is 0. The van der Waals surface area contributed by atoms with Crippen molar-refractivity contribution in [1.29, 1.82) is 0 Å². The van der Waals surface area contributed by atoms with Crippen LogP contribution in [0.1, 0.15) is 400 Å². The molecule has 1 atom stereocenters. The van der Waals surface area contributed by atoms with Crippen molar-refractivity contribution in [3.8, 4) is 0 Å². The molecular weight excluding hydrogens is 937 g/mol. The molecule has 0 aromatic rings. The standard InChI is InChI=1S/C70H134O6/c1-4-7-10-13-16-19-22-25-28-31-34-35-37-39-42-45-48-51-54-57-60-63-69(72)75-66-67(65-74-68(71)62-59-56-53-50-47-44-41-38-33-30-27-24-21-18-15-12-9-6-3)76-70(73)64-61-58-55-52-49-46-43-40-36-32-29-26-23-20-17-14-11-8-5-2/h30,33,67H,4-29,31-32,34-66H2,1-3H3/b33-30-. The summed E-state index contributed by atoms with van der Waals surface area (Å²) in [6.45, 7) is 6.73. The molecule has 0 aromatic carbocycles. The quantitative estimate of drug-likeness (QED) is 0.0261. The lowest BCUT2D eigenvalue weighted by molar-refractivity contribution is -0.167. The molecule has 76 heavy (non-hydrogen) atoms. The predicted octanol–water partition coefficient (Wildman–Crippen LogP) is 23.6. The number of hydrogen-bond donors (Lipinski definition) is 0. The highest BCUT2D eigenvalue weighted by Gasteiger charge is 2.19. The minimum Gasteiger partial charge on any atom is -0.462 e. The van der Waals surface area contributed by atoms with E-state index in [1.165, 1.54) is 302 Å². The fourth-order valence-electron chi connectivity index (χ4n) is 10.8. The number of rotatable bonds is 65. The van der Waals surface area contributed by atoms with E-state index in [-0.39, 0.29) is 31.1 Å². The Morgan fingerprint density at radius 2 is 0.434 bits per heavy atom. The fraction of sp³-hybridized carbons (Fsp3) is 0.929. The number of esters is 3. The van der Waals surface area contributed by atoms with Gasteiger partial charge in [0.05, 0.1) is 0 Å². The Balaban J connectivity index is 4.29. The van der Waals surface area contributed by atoms with Gasteiger partial charge >= 0.3 is 17.9 Å². The van der Waals surface area contributed by atoms with Crippen molar-refractivity contribution in [3.05, 3.63) is 12.2 Å². The lowest BCUT2D eigenvalue weighted by Crippen LogP contribution is -2.30. The molecule has 0 N–H and O–H groups in total. The largest absolute Gasteiger partial charge is 0.462 e. The van der Waals surface area contributed by atoms with Crippen LogP contribution in [-0.4, -0.2) is 37.2 Å². The molecular formula is C70H134O6. The van der Waals surface area contributed by atoms with Gasteiger partial charge < -0.3 is 14.2 Å². The third-order valence-electron chi connectivity index (χ3n) is 16.0. The zero-order valence-corrected chi connectivity index (χ0v) is 51.8. The van der Waals surface area contributed by atoms with Gasteiger partial charge in [-0.05, 0) is 44.9 Å². The summed E-state index contributed by atoms with van der Waals surface area (Å²) in [6, 6.07) is 0. The maximum Gasteiger partial charge on any atom is 0.306 e. The van der Waals surface area contributed by atoms with Crippen LogP contribution < -0.4 is 0 Å². The summed E-state index contributed by atoms with van der Waals surface area (Å²) in [6.07, 6.45) is 78.0. The van der Waals surface area contributed by atoms with Gasteiger partial charge in [-0.15, -0.1) is 0 Å². The highest BCUT2D eigenvalue weighted by atomic mass is 16.6. The van der Waals surface area contributed by atoms with E-state index < -0.39 is 6.10 Å². The second-order valence-corrected chi connectivity index (χ2v) is 23.8. The van der Waals surface area contributed by atoms with Gasteiger partial charge in [0.25, 0.3) is 0 Å². The summed E-state index contributed by atoms with van der Waals surface area (Å²) in [4.78, 5) is 38.4. The first kappa shape index (κ1) is 74.2. The van der Waals surface area contributed by atoms with Gasteiger partial charge in [0.15, 0.2) is 6.10 Å². The summed E-state index contributed by atoms with van der Waals surface area (Å²) < 4.78 is 17.0. The molecule has 0 aliphatic rings. The van der Waals surface area contributed by atoms with Gasteiger partial charge in [-0.2, -0.15) is 0 Å². The molecule has 6 heteroatoms. The molecule has 1 unspecified atom stereocenters. The molecule has 0 aromatic heterocycles. The summed E-state index contributed by atoms with van der Waals surface area (Å²) >= 11 is 0. The number of carbonyl (C=O) groups is 3. The van der Waals surface area contributed by atoms with Crippen LogP contribution in [0.3, 0.4) is 0 Å². The van der Waals surface area contributed by atoms with Gasteiger partial charge in [0, 0.05) is 19.3 Å². The van der Waals surface area contributed by atoms with Gasteiger partial charge in [-0.1, -0.05) is 348 Å². The van der Waals surface area contributed by atoms with Gasteiger partial charge in [0.1, 0.15) is 13.2 Å². The Morgan fingerprint density at radius 3 is 0.658 bits per heavy atom. The van der Waals surface area contributed by atoms with Crippen LogP contribution in [0.25, 0.3) is 0 Å². The molecule has 0 radical (unpaired) electrons. The molecule has 0 spiro atoms. The minimum absolute atomic E-state index is 0.0642. The van der Waals surface area contributed by atoms with Crippen LogP contribution in [0, 0.1) is 0 Å². The van der Waals surface area contributed by atoms with E-state index in [2.05, 4.69) is 32.9 Å². The molecule has 0 fully saturated rings. The highest BCUT2D eigenvalue weighted by molar-refractivity contribution is 5.71. The number of ether oxygens (including phenoxy) is 3. The number of carbonyl (C=O) groups excluding carboxylic acids is 3. The van der Waals surface area contributed by atoms with Gasteiger partial charge in [-0.25, -0.2) is 0 Å². The zero-order valence-electron chi connectivity index (χ0n) is 51.8. The van der Waals surface area contributed by atoms with Crippen LogP contribution >= 0.6 is 0 Å². The van der Waals surface area contributed by atoms with Crippen LogP contribution in [0.2, 0.25) is 0 Å². The second-order valence-electron chi connectivity index (χ2n) is 23.8. The maximum absolute atomic E-state index is 12.9. The predicted molar refractivity (Wildman–Crippen MR) is 330 cm³/mol. The third-order valence-corrected chi connectivity index (χ3v) is 16.0.